The Morgan fingerprint density at radius 1 is 1.18 bits per heavy atom. The van der Waals surface area contributed by atoms with Gasteiger partial charge in [-0.05, 0) is 47.1 Å². The van der Waals surface area contributed by atoms with Crippen LogP contribution in [0.15, 0.2) is 45.8 Å². The van der Waals surface area contributed by atoms with Crippen LogP contribution in [-0.2, 0) is 10.0 Å². The number of sulfonamides is 1. The maximum atomic E-state index is 12.4. The van der Waals surface area contributed by atoms with Crippen LogP contribution in [0.1, 0.15) is 6.92 Å². The Balaban J connectivity index is 2.36. The van der Waals surface area contributed by atoms with Crippen LogP contribution in [-0.4, -0.2) is 15.0 Å². The van der Waals surface area contributed by atoms with E-state index in [1.165, 1.54) is 18.2 Å². The second kappa shape index (κ2) is 7.08. The van der Waals surface area contributed by atoms with E-state index in [4.69, 9.17) is 27.9 Å². The molecule has 4 nitrogen and oxygen atoms in total. The lowest BCUT2D eigenvalue weighted by Crippen LogP contribution is -2.13. The van der Waals surface area contributed by atoms with Gasteiger partial charge in [0.25, 0.3) is 10.0 Å². The molecule has 118 valence electrons. The third-order valence-electron chi connectivity index (χ3n) is 2.71. The van der Waals surface area contributed by atoms with Gasteiger partial charge in [0.05, 0.1) is 27.2 Å². The maximum absolute atomic E-state index is 12.4. The Bertz CT molecular complexity index is 797. The molecule has 2 rings (SSSR count). The summed E-state index contributed by atoms with van der Waals surface area (Å²) in [5.41, 5.74) is 0.205. The molecular formula is C14H12BrCl2NO3S. The van der Waals surface area contributed by atoms with Gasteiger partial charge in [0.15, 0.2) is 0 Å². The molecule has 0 radical (unpaired) electrons. The maximum Gasteiger partial charge on any atom is 0.262 e. The summed E-state index contributed by atoms with van der Waals surface area (Å²) in [4.78, 5) is 0.0774. The highest BCUT2D eigenvalue weighted by atomic mass is 79.9. The minimum absolute atomic E-state index is 0.0774. The Morgan fingerprint density at radius 2 is 1.91 bits per heavy atom. The van der Waals surface area contributed by atoms with Crippen LogP contribution in [0.4, 0.5) is 5.69 Å². The molecule has 0 unspecified atom stereocenters. The second-order valence-corrected chi connectivity index (χ2v) is 7.53. The van der Waals surface area contributed by atoms with E-state index in [-0.39, 0.29) is 20.6 Å². The smallest absolute Gasteiger partial charge is 0.262 e. The predicted octanol–water partition coefficient (Wildman–Crippen LogP) is 4.96. The zero-order valence-corrected chi connectivity index (χ0v) is 15.4. The van der Waals surface area contributed by atoms with Crippen LogP contribution in [0.2, 0.25) is 10.0 Å². The van der Waals surface area contributed by atoms with Gasteiger partial charge in [-0.25, -0.2) is 8.42 Å². The van der Waals surface area contributed by atoms with E-state index < -0.39 is 10.0 Å². The summed E-state index contributed by atoms with van der Waals surface area (Å²) < 4.78 is 33.2. The normalized spacial score (nSPS) is 11.3. The zero-order valence-electron chi connectivity index (χ0n) is 11.4. The molecule has 0 bridgehead atoms. The number of ether oxygens (including phenoxy) is 1. The molecule has 22 heavy (non-hydrogen) atoms. The van der Waals surface area contributed by atoms with Gasteiger partial charge in [-0.15, -0.1) is 0 Å². The number of hydrogen-bond acceptors (Lipinski definition) is 3. The quantitative estimate of drug-likeness (QED) is 0.690. The molecule has 0 spiro atoms. The highest BCUT2D eigenvalue weighted by Gasteiger charge is 2.18. The second-order valence-electron chi connectivity index (χ2n) is 4.24. The molecule has 0 aliphatic heterocycles. The Labute approximate surface area is 147 Å². The van der Waals surface area contributed by atoms with Crippen molar-refractivity contribution in [2.75, 3.05) is 11.3 Å². The average Bonchev–Trinajstić information content (AvgIpc) is 2.49. The first-order valence-corrected chi connectivity index (χ1v) is 9.27. The van der Waals surface area contributed by atoms with E-state index in [0.717, 1.165) is 0 Å². The first kappa shape index (κ1) is 17.4. The van der Waals surface area contributed by atoms with Crippen LogP contribution < -0.4 is 9.46 Å². The van der Waals surface area contributed by atoms with Gasteiger partial charge < -0.3 is 4.74 Å². The monoisotopic (exact) mass is 423 g/mol. The van der Waals surface area contributed by atoms with Gasteiger partial charge in [0.2, 0.25) is 0 Å². The molecule has 0 amide bonds. The van der Waals surface area contributed by atoms with Gasteiger partial charge in [-0.3, -0.25) is 4.72 Å². The van der Waals surface area contributed by atoms with E-state index in [1.807, 2.05) is 6.92 Å². The summed E-state index contributed by atoms with van der Waals surface area (Å²) in [5.74, 6) is 0.477. The standard InChI is InChI=1S/C14H12BrCl2NO3S/c1-2-21-9-4-3-5-10(8-9)22(19,20)18-12-7-6-11(15)13(16)14(12)17/h3-8,18H,2H2,1H3. The molecule has 0 saturated carbocycles. The number of nitrogens with one attached hydrogen (secondary N) is 1. The van der Waals surface area contributed by atoms with Crippen molar-refractivity contribution in [2.24, 2.45) is 0 Å². The minimum atomic E-state index is -3.79. The van der Waals surface area contributed by atoms with E-state index in [9.17, 15) is 8.42 Å². The average molecular weight is 425 g/mol. The third kappa shape index (κ3) is 3.87. The van der Waals surface area contributed by atoms with Gasteiger partial charge in [-0.2, -0.15) is 0 Å². The minimum Gasteiger partial charge on any atom is -0.494 e. The molecule has 0 fully saturated rings. The lowest BCUT2D eigenvalue weighted by atomic mass is 10.3. The van der Waals surface area contributed by atoms with Crippen molar-refractivity contribution in [3.63, 3.8) is 0 Å². The Morgan fingerprint density at radius 3 is 2.59 bits per heavy atom. The summed E-state index contributed by atoms with van der Waals surface area (Å²) >= 11 is 15.3. The molecule has 2 aromatic carbocycles. The largest absolute Gasteiger partial charge is 0.494 e. The highest BCUT2D eigenvalue weighted by Crippen LogP contribution is 2.36. The molecule has 0 aromatic heterocycles. The van der Waals surface area contributed by atoms with E-state index in [1.54, 1.807) is 18.2 Å². The summed E-state index contributed by atoms with van der Waals surface area (Å²) in [6, 6.07) is 9.35. The summed E-state index contributed by atoms with van der Waals surface area (Å²) in [6.07, 6.45) is 0. The van der Waals surface area contributed by atoms with Crippen molar-refractivity contribution < 1.29 is 13.2 Å². The first-order valence-electron chi connectivity index (χ1n) is 6.24. The molecule has 0 aliphatic carbocycles. The fourth-order valence-electron chi connectivity index (χ4n) is 1.71. The lowest BCUT2D eigenvalue weighted by molar-refractivity contribution is 0.339. The molecular weight excluding hydrogens is 413 g/mol. The highest BCUT2D eigenvalue weighted by molar-refractivity contribution is 9.10. The van der Waals surface area contributed by atoms with Crippen molar-refractivity contribution in [3.05, 3.63) is 50.9 Å². The number of hydrogen-bond donors (Lipinski definition) is 1. The number of halogens is 3. The van der Waals surface area contributed by atoms with Gasteiger partial charge in [0.1, 0.15) is 5.75 Å². The summed E-state index contributed by atoms with van der Waals surface area (Å²) in [7, 11) is -3.79. The SMILES string of the molecule is CCOc1cccc(S(=O)(=O)Nc2ccc(Br)c(Cl)c2Cl)c1. The predicted molar refractivity (Wildman–Crippen MR) is 92.6 cm³/mol. The number of rotatable bonds is 5. The lowest BCUT2D eigenvalue weighted by Gasteiger charge is -2.12. The molecule has 0 atom stereocenters. The van der Waals surface area contributed by atoms with Crippen LogP contribution in [0, 0.1) is 0 Å². The number of benzene rings is 2. The van der Waals surface area contributed by atoms with Crippen molar-refractivity contribution in [1.29, 1.82) is 0 Å². The Hall–Kier alpha value is -0.950. The van der Waals surface area contributed by atoms with Gasteiger partial charge in [0, 0.05) is 10.5 Å². The van der Waals surface area contributed by atoms with Crippen molar-refractivity contribution in [1.82, 2.24) is 0 Å². The van der Waals surface area contributed by atoms with Crippen molar-refractivity contribution >= 4 is 54.8 Å². The molecule has 0 aliphatic rings. The molecule has 0 heterocycles. The molecule has 2 aromatic rings. The topological polar surface area (TPSA) is 55.4 Å². The third-order valence-corrected chi connectivity index (χ3v) is 5.84. The van der Waals surface area contributed by atoms with Gasteiger partial charge >= 0.3 is 0 Å². The molecule has 8 heteroatoms. The van der Waals surface area contributed by atoms with Crippen molar-refractivity contribution in [3.8, 4) is 5.75 Å². The van der Waals surface area contributed by atoms with Crippen molar-refractivity contribution in [2.45, 2.75) is 11.8 Å². The molecule has 1 N–H and O–H groups in total. The number of anilines is 1. The van der Waals surface area contributed by atoms with E-state index in [2.05, 4.69) is 20.7 Å². The van der Waals surface area contributed by atoms with Crippen LogP contribution in [0.3, 0.4) is 0 Å². The first-order chi connectivity index (χ1) is 10.3. The summed E-state index contributed by atoms with van der Waals surface area (Å²) in [5, 5.41) is 0.366. The van der Waals surface area contributed by atoms with Crippen LogP contribution >= 0.6 is 39.1 Å². The zero-order chi connectivity index (χ0) is 16.3. The fourth-order valence-corrected chi connectivity index (χ4v) is 3.69. The van der Waals surface area contributed by atoms with Crippen LogP contribution in [0.25, 0.3) is 0 Å². The fraction of sp³-hybridized carbons (Fsp3) is 0.143. The van der Waals surface area contributed by atoms with Gasteiger partial charge in [-0.1, -0.05) is 29.3 Å². The molecule has 0 saturated heterocycles. The Kier molecular flexibility index (Phi) is 5.60. The van der Waals surface area contributed by atoms with E-state index in [0.29, 0.717) is 16.8 Å². The van der Waals surface area contributed by atoms with Crippen LogP contribution in [0.5, 0.6) is 5.75 Å². The van der Waals surface area contributed by atoms with E-state index >= 15 is 0 Å². The summed E-state index contributed by atoms with van der Waals surface area (Å²) in [6.45, 7) is 2.27.